The summed E-state index contributed by atoms with van der Waals surface area (Å²) >= 11 is 0. The Morgan fingerprint density at radius 3 is 1.19 bits per heavy atom. The van der Waals surface area contributed by atoms with Gasteiger partial charge in [0, 0.05) is 6.42 Å². The van der Waals surface area contributed by atoms with Crippen LogP contribution in [0.5, 0.6) is 0 Å². The van der Waals surface area contributed by atoms with Gasteiger partial charge in [-0.3, -0.25) is 0 Å². The molecule has 27 heavy (non-hydrogen) atoms. The average Bonchev–Trinajstić information content (AvgIpc) is 2.59. The molecular formula is C24H50NO2+. The van der Waals surface area contributed by atoms with E-state index in [1.807, 2.05) is 21.1 Å². The molecule has 0 fully saturated rings. The highest BCUT2D eigenvalue weighted by molar-refractivity contribution is 5.72. The van der Waals surface area contributed by atoms with Gasteiger partial charge in [-0.25, -0.2) is 4.79 Å². The Balaban J connectivity index is 3.28. The smallest absolute Gasteiger partial charge is 0.362 e. The quantitative estimate of drug-likeness (QED) is 0.178. The Hall–Kier alpha value is -0.570. The van der Waals surface area contributed by atoms with Crippen LogP contribution in [-0.4, -0.2) is 42.7 Å². The molecule has 0 aliphatic carbocycles. The van der Waals surface area contributed by atoms with Crippen LogP contribution in [0, 0.1) is 0 Å². The molecule has 0 aromatic carbocycles. The minimum Gasteiger partial charge on any atom is -0.477 e. The van der Waals surface area contributed by atoms with Crippen LogP contribution in [-0.2, 0) is 4.79 Å². The number of likely N-dealkylation sites (N-methyl/N-ethyl adjacent to an activating group) is 1. The minimum absolute atomic E-state index is 0.263. The SMILES string of the molecule is CCCCCCCCCCCCCCCCCCCC(C(=O)O)[N+](C)(C)C. The number of carbonyl (C=O) groups is 1. The normalized spacial score (nSPS) is 13.0. The first-order chi connectivity index (χ1) is 12.9. The number of quaternary nitrogens is 1. The number of carboxylic acids is 1. The summed E-state index contributed by atoms with van der Waals surface area (Å²) in [5, 5.41) is 9.33. The molecule has 3 nitrogen and oxygen atoms in total. The molecule has 0 amide bonds. The van der Waals surface area contributed by atoms with Gasteiger partial charge in [0.1, 0.15) is 0 Å². The van der Waals surface area contributed by atoms with Gasteiger partial charge in [-0.1, -0.05) is 110 Å². The van der Waals surface area contributed by atoms with Gasteiger partial charge in [0.25, 0.3) is 0 Å². The molecule has 0 bridgehead atoms. The standard InChI is InChI=1S/C24H49NO2/c1-5-6-7-8-9-10-11-12-13-14-15-16-17-18-19-20-21-22-23(24(26)27)25(2,3)4/h23H,5-22H2,1-4H3/p+1. The zero-order chi connectivity index (χ0) is 20.4. The van der Waals surface area contributed by atoms with E-state index in [-0.39, 0.29) is 6.04 Å². The van der Waals surface area contributed by atoms with Crippen molar-refractivity contribution < 1.29 is 14.4 Å². The van der Waals surface area contributed by atoms with Gasteiger partial charge < -0.3 is 9.59 Å². The second-order valence-electron chi connectivity index (χ2n) is 9.42. The Bertz CT molecular complexity index is 336. The van der Waals surface area contributed by atoms with E-state index in [0.29, 0.717) is 4.48 Å². The molecule has 3 heteroatoms. The maximum Gasteiger partial charge on any atom is 0.362 e. The summed E-state index contributed by atoms with van der Waals surface area (Å²) in [7, 11) is 5.94. The maximum atomic E-state index is 11.3. The zero-order valence-corrected chi connectivity index (χ0v) is 19.1. The van der Waals surface area contributed by atoms with E-state index in [0.717, 1.165) is 12.8 Å². The van der Waals surface area contributed by atoms with Crippen LogP contribution in [0.2, 0.25) is 0 Å². The summed E-state index contributed by atoms with van der Waals surface area (Å²) in [5.41, 5.74) is 0. The highest BCUT2D eigenvalue weighted by Crippen LogP contribution is 2.16. The number of unbranched alkanes of at least 4 members (excludes halogenated alkanes) is 16. The van der Waals surface area contributed by atoms with E-state index < -0.39 is 5.97 Å². The summed E-state index contributed by atoms with van der Waals surface area (Å²) in [6, 6.07) is -0.263. The Morgan fingerprint density at radius 1 is 0.630 bits per heavy atom. The number of rotatable bonds is 20. The van der Waals surface area contributed by atoms with E-state index in [4.69, 9.17) is 0 Å². The zero-order valence-electron chi connectivity index (χ0n) is 19.1. The summed E-state index contributed by atoms with van der Waals surface area (Å²) in [4.78, 5) is 11.3. The lowest BCUT2D eigenvalue weighted by Gasteiger charge is -2.31. The molecule has 0 saturated heterocycles. The highest BCUT2D eigenvalue weighted by atomic mass is 16.4. The predicted molar refractivity (Wildman–Crippen MR) is 118 cm³/mol. The fourth-order valence-corrected chi connectivity index (χ4v) is 3.90. The first-order valence-corrected chi connectivity index (χ1v) is 11.9. The molecule has 1 N–H and O–H groups in total. The Morgan fingerprint density at radius 2 is 0.926 bits per heavy atom. The van der Waals surface area contributed by atoms with Gasteiger partial charge in [-0.2, -0.15) is 0 Å². The third-order valence-electron chi connectivity index (χ3n) is 5.80. The second-order valence-corrected chi connectivity index (χ2v) is 9.42. The van der Waals surface area contributed by atoms with Crippen LogP contribution >= 0.6 is 0 Å². The van der Waals surface area contributed by atoms with Crippen LogP contribution in [0.25, 0.3) is 0 Å². The van der Waals surface area contributed by atoms with E-state index in [2.05, 4.69) is 6.92 Å². The molecule has 0 aromatic heterocycles. The van der Waals surface area contributed by atoms with Gasteiger partial charge in [-0.05, 0) is 6.42 Å². The molecule has 1 unspecified atom stereocenters. The molecule has 0 spiro atoms. The van der Waals surface area contributed by atoms with Gasteiger partial charge >= 0.3 is 5.97 Å². The van der Waals surface area contributed by atoms with Crippen LogP contribution in [0.3, 0.4) is 0 Å². The average molecular weight is 385 g/mol. The van der Waals surface area contributed by atoms with E-state index in [1.165, 1.54) is 103 Å². The third kappa shape index (κ3) is 17.3. The number of aliphatic carboxylic acids is 1. The number of carboxylic acid groups (broad SMARTS) is 1. The molecule has 1 atom stereocenters. The first kappa shape index (κ1) is 26.4. The third-order valence-corrected chi connectivity index (χ3v) is 5.80. The van der Waals surface area contributed by atoms with Crippen molar-refractivity contribution >= 4 is 5.97 Å². The lowest BCUT2D eigenvalue weighted by atomic mass is 10.0. The van der Waals surface area contributed by atoms with Gasteiger partial charge in [-0.15, -0.1) is 0 Å². The largest absolute Gasteiger partial charge is 0.477 e. The molecule has 0 radical (unpaired) electrons. The topological polar surface area (TPSA) is 37.3 Å². The van der Waals surface area contributed by atoms with E-state index in [9.17, 15) is 9.90 Å². The number of hydrogen-bond donors (Lipinski definition) is 1. The Kier molecular flexibility index (Phi) is 17.2. The van der Waals surface area contributed by atoms with Crippen molar-refractivity contribution in [3.63, 3.8) is 0 Å². The van der Waals surface area contributed by atoms with Crippen LogP contribution < -0.4 is 0 Å². The van der Waals surface area contributed by atoms with Crippen LogP contribution in [0.1, 0.15) is 122 Å². The molecular weight excluding hydrogens is 334 g/mol. The lowest BCUT2D eigenvalue weighted by Crippen LogP contribution is -2.49. The molecule has 0 aliphatic heterocycles. The van der Waals surface area contributed by atoms with Gasteiger partial charge in [0.05, 0.1) is 21.1 Å². The van der Waals surface area contributed by atoms with E-state index in [1.54, 1.807) is 0 Å². The van der Waals surface area contributed by atoms with Crippen molar-refractivity contribution in [2.24, 2.45) is 0 Å². The maximum absolute atomic E-state index is 11.3. The summed E-state index contributed by atoms with van der Waals surface area (Å²) in [5.74, 6) is -0.654. The molecule has 0 aliphatic rings. The predicted octanol–water partition coefficient (Wildman–Crippen LogP) is 7.19. The highest BCUT2D eigenvalue weighted by Gasteiger charge is 2.30. The summed E-state index contributed by atoms with van der Waals surface area (Å²) in [6.07, 6.45) is 24.0. The van der Waals surface area contributed by atoms with Gasteiger partial charge in [0.2, 0.25) is 0 Å². The molecule has 0 aromatic rings. The molecule has 0 rings (SSSR count). The van der Waals surface area contributed by atoms with Crippen LogP contribution in [0.4, 0.5) is 0 Å². The number of nitrogens with zero attached hydrogens (tertiary/aromatic N) is 1. The molecule has 162 valence electrons. The monoisotopic (exact) mass is 384 g/mol. The fourth-order valence-electron chi connectivity index (χ4n) is 3.90. The van der Waals surface area contributed by atoms with Crippen molar-refractivity contribution in [3.8, 4) is 0 Å². The fraction of sp³-hybridized carbons (Fsp3) is 0.958. The molecule has 0 saturated carbocycles. The van der Waals surface area contributed by atoms with Crippen molar-refractivity contribution in [1.82, 2.24) is 0 Å². The minimum atomic E-state index is -0.654. The second kappa shape index (κ2) is 17.5. The van der Waals surface area contributed by atoms with Gasteiger partial charge in [0.15, 0.2) is 6.04 Å². The van der Waals surface area contributed by atoms with Crippen molar-refractivity contribution in [2.45, 2.75) is 129 Å². The van der Waals surface area contributed by atoms with E-state index >= 15 is 0 Å². The van der Waals surface area contributed by atoms with Crippen molar-refractivity contribution in [3.05, 3.63) is 0 Å². The summed E-state index contributed by atoms with van der Waals surface area (Å²) < 4.78 is 0.522. The van der Waals surface area contributed by atoms with Crippen molar-refractivity contribution in [1.29, 1.82) is 0 Å². The number of hydrogen-bond acceptors (Lipinski definition) is 1. The lowest BCUT2D eigenvalue weighted by molar-refractivity contribution is -0.887. The van der Waals surface area contributed by atoms with Crippen molar-refractivity contribution in [2.75, 3.05) is 21.1 Å². The first-order valence-electron chi connectivity index (χ1n) is 11.9. The van der Waals surface area contributed by atoms with Crippen LogP contribution in [0.15, 0.2) is 0 Å². The molecule has 0 heterocycles. The summed E-state index contributed by atoms with van der Waals surface area (Å²) in [6.45, 7) is 2.28. The Labute approximate surface area is 170 Å².